The molecule has 7 heteroatoms. The van der Waals surface area contributed by atoms with E-state index in [1.54, 1.807) is 12.1 Å². The minimum Gasteiger partial charge on any atom is -0.548 e. The third kappa shape index (κ3) is 3.59. The Balaban J connectivity index is 1.82. The van der Waals surface area contributed by atoms with Gasteiger partial charge in [-0.2, -0.15) is 0 Å². The molecule has 0 saturated carbocycles. The highest BCUT2D eigenvalue weighted by Gasteiger charge is 2.36. The van der Waals surface area contributed by atoms with Gasteiger partial charge in [0, 0.05) is 11.6 Å². The van der Waals surface area contributed by atoms with Crippen molar-refractivity contribution < 1.29 is 19.1 Å². The molecule has 1 aliphatic rings. The molecule has 0 unspecified atom stereocenters. The lowest BCUT2D eigenvalue weighted by molar-refractivity contribution is -0.309. The standard InChI is InChI=1S/C19H17NO4S2/c1-3-12-4-6-13(7-5-12)15-9-8-14(24-15)10-16-17(21)20(19(25)26-16)11(2)18(22)23/h4-11H,3H2,1-2H3,(H,22,23)/p-1/b16-10+/t11-/m1/s1. The molecule has 1 aliphatic heterocycles. The lowest BCUT2D eigenvalue weighted by atomic mass is 10.1. The molecule has 5 nitrogen and oxygen atoms in total. The summed E-state index contributed by atoms with van der Waals surface area (Å²) in [5, 5.41) is 11.0. The van der Waals surface area contributed by atoms with Crippen LogP contribution in [-0.4, -0.2) is 27.1 Å². The van der Waals surface area contributed by atoms with E-state index in [2.05, 4.69) is 6.92 Å². The highest BCUT2D eigenvalue weighted by atomic mass is 32.2. The van der Waals surface area contributed by atoms with Crippen LogP contribution in [0.4, 0.5) is 0 Å². The molecule has 134 valence electrons. The van der Waals surface area contributed by atoms with Gasteiger partial charge in [-0.15, -0.1) is 0 Å². The number of carbonyl (C=O) groups excluding carboxylic acids is 2. The summed E-state index contributed by atoms with van der Waals surface area (Å²) in [4.78, 5) is 24.8. The van der Waals surface area contributed by atoms with Crippen molar-refractivity contribution in [1.82, 2.24) is 4.90 Å². The molecule has 1 saturated heterocycles. The van der Waals surface area contributed by atoms with Crippen molar-refractivity contribution in [2.45, 2.75) is 26.3 Å². The van der Waals surface area contributed by atoms with Crippen molar-refractivity contribution in [1.29, 1.82) is 0 Å². The van der Waals surface area contributed by atoms with E-state index < -0.39 is 17.9 Å². The van der Waals surface area contributed by atoms with E-state index in [9.17, 15) is 14.7 Å². The Bertz CT molecular complexity index is 899. The molecular formula is C19H16NO4S2-. The minimum absolute atomic E-state index is 0.194. The van der Waals surface area contributed by atoms with Crippen molar-refractivity contribution in [3.05, 3.63) is 52.6 Å². The first kappa shape index (κ1) is 18.4. The summed E-state index contributed by atoms with van der Waals surface area (Å²) in [5.41, 5.74) is 2.19. The normalized spacial score (nSPS) is 17.2. The second kappa shape index (κ2) is 7.47. The van der Waals surface area contributed by atoms with Gasteiger partial charge in [0.2, 0.25) is 0 Å². The van der Waals surface area contributed by atoms with Gasteiger partial charge in [-0.25, -0.2) is 0 Å². The fraction of sp³-hybridized carbons (Fsp3) is 0.211. The van der Waals surface area contributed by atoms with E-state index >= 15 is 0 Å². The SMILES string of the molecule is CCc1ccc(-c2ccc(/C=C3/SC(=S)N([C@H](C)C(=O)[O-])C3=O)o2)cc1. The van der Waals surface area contributed by atoms with Crippen LogP contribution in [0.5, 0.6) is 0 Å². The van der Waals surface area contributed by atoms with Gasteiger partial charge >= 0.3 is 0 Å². The maximum absolute atomic E-state index is 12.4. The smallest absolute Gasteiger partial charge is 0.266 e. The number of thioether (sulfide) groups is 1. The number of amides is 1. The fourth-order valence-electron chi connectivity index (χ4n) is 2.54. The molecule has 0 radical (unpaired) electrons. The summed E-state index contributed by atoms with van der Waals surface area (Å²) in [5.74, 6) is -0.612. The number of carboxylic acid groups (broad SMARTS) is 1. The monoisotopic (exact) mass is 386 g/mol. The third-order valence-corrected chi connectivity index (χ3v) is 5.43. The molecule has 26 heavy (non-hydrogen) atoms. The molecule has 1 atom stereocenters. The number of benzene rings is 1. The Morgan fingerprint density at radius 1 is 1.31 bits per heavy atom. The number of carbonyl (C=O) groups is 2. The van der Waals surface area contributed by atoms with E-state index in [4.69, 9.17) is 16.6 Å². The predicted molar refractivity (Wildman–Crippen MR) is 103 cm³/mol. The summed E-state index contributed by atoms with van der Waals surface area (Å²) in [7, 11) is 0. The number of hydrogen-bond donors (Lipinski definition) is 0. The van der Waals surface area contributed by atoms with Crippen LogP contribution in [0.25, 0.3) is 17.4 Å². The van der Waals surface area contributed by atoms with Crippen LogP contribution >= 0.6 is 24.0 Å². The van der Waals surface area contributed by atoms with Crippen LogP contribution in [-0.2, 0) is 16.0 Å². The molecule has 0 N–H and O–H groups in total. The molecule has 3 rings (SSSR count). The van der Waals surface area contributed by atoms with Gasteiger partial charge in [0.05, 0.1) is 16.9 Å². The molecule has 2 heterocycles. The first-order valence-corrected chi connectivity index (χ1v) is 9.30. The molecule has 1 aromatic carbocycles. The first-order valence-electron chi connectivity index (χ1n) is 8.07. The number of thiocarbonyl (C=S) groups is 1. The van der Waals surface area contributed by atoms with E-state index in [0.29, 0.717) is 16.4 Å². The molecule has 1 fully saturated rings. The number of nitrogens with zero attached hydrogens (tertiary/aromatic N) is 1. The van der Waals surface area contributed by atoms with Crippen molar-refractivity contribution >= 4 is 46.3 Å². The van der Waals surface area contributed by atoms with Crippen molar-refractivity contribution in [3.8, 4) is 11.3 Å². The Kier molecular flexibility index (Phi) is 5.29. The summed E-state index contributed by atoms with van der Waals surface area (Å²) >= 11 is 6.17. The van der Waals surface area contributed by atoms with E-state index in [1.165, 1.54) is 12.5 Å². The highest BCUT2D eigenvalue weighted by Crippen LogP contribution is 2.34. The number of furan rings is 1. The number of aryl methyl sites for hydroxylation is 1. The summed E-state index contributed by atoms with van der Waals surface area (Å²) in [6.45, 7) is 3.46. The predicted octanol–water partition coefficient (Wildman–Crippen LogP) is 2.85. The van der Waals surface area contributed by atoms with Crippen LogP contribution < -0.4 is 5.11 Å². The Hall–Kier alpha value is -2.38. The average molecular weight is 386 g/mol. The minimum atomic E-state index is -1.35. The van der Waals surface area contributed by atoms with Crippen molar-refractivity contribution in [3.63, 3.8) is 0 Å². The molecule has 0 bridgehead atoms. The second-order valence-corrected chi connectivity index (χ2v) is 7.47. The van der Waals surface area contributed by atoms with Gasteiger partial charge in [-0.3, -0.25) is 9.69 Å². The van der Waals surface area contributed by atoms with Gasteiger partial charge < -0.3 is 14.3 Å². The molecule has 0 aliphatic carbocycles. The Morgan fingerprint density at radius 3 is 2.62 bits per heavy atom. The summed E-state index contributed by atoms with van der Waals surface area (Å²) in [6.07, 6.45) is 2.54. The van der Waals surface area contributed by atoms with Crippen LogP contribution in [0.3, 0.4) is 0 Å². The second-order valence-electron chi connectivity index (χ2n) is 5.80. The molecule has 1 amide bonds. The topological polar surface area (TPSA) is 73.6 Å². The van der Waals surface area contributed by atoms with Gasteiger partial charge in [0.1, 0.15) is 15.8 Å². The lowest BCUT2D eigenvalue weighted by Gasteiger charge is -2.23. The maximum Gasteiger partial charge on any atom is 0.266 e. The summed E-state index contributed by atoms with van der Waals surface area (Å²) < 4.78 is 5.99. The number of hydrogen-bond acceptors (Lipinski definition) is 6. The van der Waals surface area contributed by atoms with Gasteiger partial charge in [0.25, 0.3) is 5.91 Å². The highest BCUT2D eigenvalue weighted by molar-refractivity contribution is 8.26. The average Bonchev–Trinajstić information content (AvgIpc) is 3.19. The van der Waals surface area contributed by atoms with Crippen LogP contribution in [0.1, 0.15) is 25.2 Å². The zero-order chi connectivity index (χ0) is 18.8. The van der Waals surface area contributed by atoms with Crippen LogP contribution in [0, 0.1) is 0 Å². The molecule has 1 aromatic heterocycles. The van der Waals surface area contributed by atoms with Gasteiger partial charge in [-0.1, -0.05) is 55.2 Å². The molecular weight excluding hydrogens is 370 g/mol. The van der Waals surface area contributed by atoms with E-state index in [0.717, 1.165) is 28.6 Å². The number of carboxylic acids is 1. The van der Waals surface area contributed by atoms with Crippen molar-refractivity contribution in [2.24, 2.45) is 0 Å². The Labute approximate surface area is 160 Å². The number of rotatable bonds is 5. The summed E-state index contributed by atoms with van der Waals surface area (Å²) in [6, 6.07) is 10.5. The quantitative estimate of drug-likeness (QED) is 0.581. The maximum atomic E-state index is 12.4. The molecule has 2 aromatic rings. The largest absolute Gasteiger partial charge is 0.548 e. The van der Waals surface area contributed by atoms with Crippen LogP contribution in [0.15, 0.2) is 45.7 Å². The fourth-order valence-corrected chi connectivity index (χ4v) is 3.94. The number of aliphatic carboxylic acids is 1. The van der Waals surface area contributed by atoms with Gasteiger partial charge in [-0.05, 0) is 31.0 Å². The van der Waals surface area contributed by atoms with Crippen LogP contribution in [0.2, 0.25) is 0 Å². The Morgan fingerprint density at radius 2 is 2.00 bits per heavy atom. The van der Waals surface area contributed by atoms with Gasteiger partial charge in [0.15, 0.2) is 0 Å². The zero-order valence-corrected chi connectivity index (χ0v) is 15.9. The lowest BCUT2D eigenvalue weighted by Crippen LogP contribution is -2.48. The molecule has 0 spiro atoms. The van der Waals surface area contributed by atoms with Crippen molar-refractivity contribution in [2.75, 3.05) is 0 Å². The third-order valence-electron chi connectivity index (χ3n) is 4.10. The zero-order valence-electron chi connectivity index (χ0n) is 14.2. The first-order chi connectivity index (χ1) is 12.4. The van der Waals surface area contributed by atoms with E-state index in [-0.39, 0.29) is 4.32 Å². The van der Waals surface area contributed by atoms with E-state index in [1.807, 2.05) is 30.3 Å².